The number of hydrogen-bond acceptors (Lipinski definition) is 8. The average Bonchev–Trinajstić information content (AvgIpc) is 2.95. The first-order valence-corrected chi connectivity index (χ1v) is 9.50. The zero-order valence-electron chi connectivity index (χ0n) is 13.5. The van der Waals surface area contributed by atoms with E-state index in [1.165, 1.54) is 24.3 Å². The van der Waals surface area contributed by atoms with E-state index >= 15 is 0 Å². The predicted molar refractivity (Wildman–Crippen MR) is 89.0 cm³/mol. The molecule has 0 N–H and O–H groups in total. The van der Waals surface area contributed by atoms with Gasteiger partial charge in [0.1, 0.15) is 12.6 Å². The molecule has 1 amide bonds. The lowest BCUT2D eigenvalue weighted by Gasteiger charge is -2.20. The molecule has 1 aromatic carbocycles. The molecule has 1 aliphatic heterocycles. The van der Waals surface area contributed by atoms with E-state index in [0.717, 1.165) is 11.2 Å². The van der Waals surface area contributed by atoms with Gasteiger partial charge < -0.3 is 4.74 Å². The van der Waals surface area contributed by atoms with E-state index in [1.54, 1.807) is 0 Å². The first-order valence-electron chi connectivity index (χ1n) is 7.31. The molecule has 1 aliphatic rings. The maximum absolute atomic E-state index is 12.2. The molecule has 0 radical (unpaired) electrons. The molecular weight excluding hydrogens is 392 g/mol. The van der Waals surface area contributed by atoms with Crippen molar-refractivity contribution in [3.8, 4) is 0 Å². The van der Waals surface area contributed by atoms with Gasteiger partial charge in [-0.05, 0) is 29.3 Å². The number of halogens is 1. The van der Waals surface area contributed by atoms with Crippen molar-refractivity contribution in [3.05, 3.63) is 39.9 Å². The summed E-state index contributed by atoms with van der Waals surface area (Å²) in [6.45, 7) is -0.358. The molecule has 0 unspecified atom stereocenters. The van der Waals surface area contributed by atoms with Gasteiger partial charge in [-0.15, -0.1) is 0 Å². The molecule has 1 aromatic rings. The van der Waals surface area contributed by atoms with Gasteiger partial charge in [0.05, 0.1) is 23.8 Å². The van der Waals surface area contributed by atoms with Gasteiger partial charge in [0.2, 0.25) is 5.24 Å². The Balaban J connectivity index is 2.00. The van der Waals surface area contributed by atoms with Crippen molar-refractivity contribution >= 4 is 38.7 Å². The second kappa shape index (κ2) is 7.98. The van der Waals surface area contributed by atoms with E-state index in [0.29, 0.717) is 5.56 Å². The Bertz CT molecular complexity index is 811. The predicted octanol–water partition coefficient (Wildman–Crippen LogP) is 1.42. The Morgan fingerprint density at radius 1 is 1.35 bits per heavy atom. The lowest BCUT2D eigenvalue weighted by molar-refractivity contribution is -0.384. The molecule has 2 atom stereocenters. The Morgan fingerprint density at radius 2 is 1.96 bits per heavy atom. The van der Waals surface area contributed by atoms with Crippen LogP contribution in [-0.2, 0) is 30.4 Å². The molecule has 0 spiro atoms. The van der Waals surface area contributed by atoms with E-state index in [2.05, 4.69) is 0 Å². The van der Waals surface area contributed by atoms with Gasteiger partial charge in [0, 0.05) is 18.6 Å². The van der Waals surface area contributed by atoms with Crippen LogP contribution < -0.4 is 0 Å². The number of benzene rings is 1. The number of non-ortho nitro benzene ring substituents is 1. The number of likely N-dealkylation sites (tertiary alicyclic amines) is 1. The summed E-state index contributed by atoms with van der Waals surface area (Å²) >= 11 is 5.47. The lowest BCUT2D eigenvalue weighted by atomic mass is 10.2. The summed E-state index contributed by atoms with van der Waals surface area (Å²) in [5.74, 6) is 0. The van der Waals surface area contributed by atoms with Crippen LogP contribution >= 0.6 is 11.6 Å². The number of nitrogens with zero attached hydrogens (tertiary/aromatic N) is 2. The normalized spacial score (nSPS) is 20.0. The average molecular weight is 407 g/mol. The van der Waals surface area contributed by atoms with Crippen molar-refractivity contribution in [3.63, 3.8) is 0 Å². The first-order chi connectivity index (χ1) is 12.1. The third-order valence-electron chi connectivity index (χ3n) is 3.58. The number of carbonyl (C=O) groups is 2. The summed E-state index contributed by atoms with van der Waals surface area (Å²) < 4.78 is 32.3. The zero-order valence-corrected chi connectivity index (χ0v) is 15.1. The van der Waals surface area contributed by atoms with Crippen molar-refractivity contribution in [1.82, 2.24) is 4.90 Å². The van der Waals surface area contributed by atoms with Gasteiger partial charge in [-0.25, -0.2) is 4.79 Å². The molecule has 0 aliphatic carbocycles. The minimum Gasteiger partial charge on any atom is -0.445 e. The van der Waals surface area contributed by atoms with Crippen LogP contribution in [-0.4, -0.2) is 54.5 Å². The maximum atomic E-state index is 12.2. The number of nitro groups is 1. The minimum absolute atomic E-state index is 0.0674. The van der Waals surface area contributed by atoms with Crippen molar-refractivity contribution in [1.29, 1.82) is 0 Å². The van der Waals surface area contributed by atoms with Gasteiger partial charge in [0.15, 0.2) is 0 Å². The molecule has 0 aromatic heterocycles. The van der Waals surface area contributed by atoms with E-state index in [-0.39, 0.29) is 25.3 Å². The van der Waals surface area contributed by atoms with Crippen LogP contribution in [0, 0.1) is 10.1 Å². The molecule has 0 saturated carbocycles. The molecule has 2 rings (SSSR count). The highest BCUT2D eigenvalue weighted by Crippen LogP contribution is 2.24. The highest BCUT2D eigenvalue weighted by atomic mass is 35.5. The molecule has 26 heavy (non-hydrogen) atoms. The van der Waals surface area contributed by atoms with E-state index in [9.17, 15) is 28.1 Å². The SMILES string of the molecule is CS(=O)(=O)O[C@@H]1C[C@@H](C(=O)Cl)N(C(=O)OCc2ccc([N+](=O)[O-])cc2)C1. The molecule has 142 valence electrons. The van der Waals surface area contributed by atoms with Crippen LogP contribution in [0.5, 0.6) is 0 Å². The van der Waals surface area contributed by atoms with Crippen molar-refractivity contribution in [2.75, 3.05) is 12.8 Å². The van der Waals surface area contributed by atoms with Crippen LogP contribution in [0.1, 0.15) is 12.0 Å². The zero-order chi connectivity index (χ0) is 19.5. The largest absolute Gasteiger partial charge is 0.445 e. The fraction of sp³-hybridized carbons (Fsp3) is 0.429. The maximum Gasteiger partial charge on any atom is 0.410 e. The van der Waals surface area contributed by atoms with Gasteiger partial charge in [0.25, 0.3) is 15.8 Å². The standard InChI is InChI=1S/C14H15ClN2O8S/c1-26(22,23)25-11-6-12(13(15)18)16(7-11)14(19)24-8-9-2-4-10(5-3-9)17(20)21/h2-5,11-12H,6-8H2,1H3/t11-,12+/m1/s1. The molecule has 1 fully saturated rings. The van der Waals surface area contributed by atoms with Crippen LogP contribution in [0.25, 0.3) is 0 Å². The topological polar surface area (TPSA) is 133 Å². The Hall–Kier alpha value is -2.24. The summed E-state index contributed by atoms with van der Waals surface area (Å²) in [6, 6.07) is 4.32. The summed E-state index contributed by atoms with van der Waals surface area (Å²) in [7, 11) is -3.76. The minimum atomic E-state index is -3.76. The second-order valence-electron chi connectivity index (χ2n) is 5.61. The number of nitro benzene ring substituents is 1. The third kappa shape index (κ3) is 5.38. The third-order valence-corrected chi connectivity index (χ3v) is 4.45. The van der Waals surface area contributed by atoms with Gasteiger partial charge >= 0.3 is 6.09 Å². The summed E-state index contributed by atoms with van der Waals surface area (Å²) in [6.07, 6.45) is -0.978. The molecule has 1 heterocycles. The van der Waals surface area contributed by atoms with Crippen molar-refractivity contribution < 1.29 is 31.9 Å². The Morgan fingerprint density at radius 3 is 2.46 bits per heavy atom. The molecule has 12 heteroatoms. The van der Waals surface area contributed by atoms with Gasteiger partial charge in [-0.2, -0.15) is 8.42 Å². The Labute approximate surface area is 153 Å². The summed E-state index contributed by atoms with van der Waals surface area (Å²) in [5.41, 5.74) is 0.397. The second-order valence-corrected chi connectivity index (χ2v) is 7.58. The monoisotopic (exact) mass is 406 g/mol. The van der Waals surface area contributed by atoms with Crippen LogP contribution in [0.15, 0.2) is 24.3 Å². The van der Waals surface area contributed by atoms with E-state index < -0.39 is 38.5 Å². The van der Waals surface area contributed by atoms with E-state index in [1.807, 2.05) is 0 Å². The number of ether oxygens (including phenoxy) is 1. The molecular formula is C14H15ClN2O8S. The summed E-state index contributed by atoms with van der Waals surface area (Å²) in [4.78, 5) is 34.7. The van der Waals surface area contributed by atoms with Crippen LogP contribution in [0.3, 0.4) is 0 Å². The van der Waals surface area contributed by atoms with Crippen LogP contribution in [0.4, 0.5) is 10.5 Å². The lowest BCUT2D eigenvalue weighted by Crippen LogP contribution is -2.39. The number of rotatable bonds is 6. The fourth-order valence-electron chi connectivity index (χ4n) is 2.47. The quantitative estimate of drug-likeness (QED) is 0.299. The van der Waals surface area contributed by atoms with Crippen molar-refractivity contribution in [2.45, 2.75) is 25.2 Å². The molecule has 1 saturated heterocycles. The fourth-order valence-corrected chi connectivity index (χ4v) is 3.31. The van der Waals surface area contributed by atoms with E-state index in [4.69, 9.17) is 20.5 Å². The highest BCUT2D eigenvalue weighted by molar-refractivity contribution is 7.86. The summed E-state index contributed by atoms with van der Waals surface area (Å²) in [5, 5.41) is 9.76. The Kier molecular flexibility index (Phi) is 6.16. The molecule has 10 nitrogen and oxygen atoms in total. The number of amides is 1. The first kappa shape index (κ1) is 20.1. The van der Waals surface area contributed by atoms with Gasteiger partial charge in [-0.3, -0.25) is 24.0 Å². The number of carbonyl (C=O) groups excluding carboxylic acids is 2. The van der Waals surface area contributed by atoms with Crippen LogP contribution in [0.2, 0.25) is 0 Å². The molecule has 0 bridgehead atoms. The van der Waals surface area contributed by atoms with Gasteiger partial charge in [-0.1, -0.05) is 0 Å². The van der Waals surface area contributed by atoms with Crippen molar-refractivity contribution in [2.24, 2.45) is 0 Å². The highest BCUT2D eigenvalue weighted by Gasteiger charge is 2.41. The smallest absolute Gasteiger partial charge is 0.410 e. The number of hydrogen-bond donors (Lipinski definition) is 0.